The first-order valence-electron chi connectivity index (χ1n) is 23.0. The average Bonchev–Trinajstić information content (AvgIpc) is 4.00. The van der Waals surface area contributed by atoms with Crippen LogP contribution in [0.5, 0.6) is 0 Å². The fourth-order valence-corrected chi connectivity index (χ4v) is 8.42. The molecule has 0 saturated carbocycles. The third-order valence-corrected chi connectivity index (χ3v) is 12.0. The molecule has 6 aromatic rings. The monoisotopic (exact) mass is 978 g/mol. The minimum absolute atomic E-state index is 0.0395. The van der Waals surface area contributed by atoms with Crippen molar-refractivity contribution in [1.29, 1.82) is 0 Å². The van der Waals surface area contributed by atoms with Crippen molar-refractivity contribution in [1.82, 2.24) is 35.3 Å². The highest BCUT2D eigenvalue weighted by molar-refractivity contribution is 6.31. The predicted octanol–water partition coefficient (Wildman–Crippen LogP) is 4.92. The molecule has 0 bridgehead atoms. The number of anilines is 1. The maximum absolute atomic E-state index is 13.9. The fourth-order valence-electron chi connectivity index (χ4n) is 8.24. The summed E-state index contributed by atoms with van der Waals surface area (Å²) in [5, 5.41) is 11.8. The van der Waals surface area contributed by atoms with Gasteiger partial charge in [0, 0.05) is 42.4 Å². The zero-order valence-corrected chi connectivity index (χ0v) is 38.9. The number of nitrogens with one attached hydrogen (secondary N) is 5. The van der Waals surface area contributed by atoms with Gasteiger partial charge in [-0.05, 0) is 91.3 Å². The number of nitrogens with zero attached hydrogens (tertiary/aromatic N) is 3. The van der Waals surface area contributed by atoms with Gasteiger partial charge in [-0.25, -0.2) is 9.37 Å². The molecule has 1 atom stereocenters. The number of benzene rings is 4. The molecule has 70 heavy (non-hydrogen) atoms. The predicted molar refractivity (Wildman–Crippen MR) is 257 cm³/mol. The highest BCUT2D eigenvalue weighted by atomic mass is 35.5. The highest BCUT2D eigenvalue weighted by Gasteiger charge is 2.45. The van der Waals surface area contributed by atoms with Gasteiger partial charge in [-0.1, -0.05) is 54.1 Å². The largest absolute Gasteiger partial charge is 0.382 e. The van der Waals surface area contributed by atoms with Gasteiger partial charge < -0.3 is 34.6 Å². The lowest BCUT2D eigenvalue weighted by Gasteiger charge is -2.27. The van der Waals surface area contributed by atoms with E-state index in [-0.39, 0.29) is 74.2 Å². The van der Waals surface area contributed by atoms with Crippen molar-refractivity contribution >= 4 is 57.9 Å². The normalized spacial score (nSPS) is 14.7. The number of fused-ring (bicyclic) bond motifs is 2. The zero-order valence-electron chi connectivity index (χ0n) is 38.2. The second kappa shape index (κ2) is 23.5. The second-order valence-electron chi connectivity index (χ2n) is 16.6. The molecule has 8 rings (SSSR count). The number of piperidine rings is 1. The van der Waals surface area contributed by atoms with Crippen LogP contribution in [0, 0.1) is 5.82 Å². The minimum Gasteiger partial charge on any atom is -0.382 e. The number of carbonyl (C=O) groups excluding carboxylic acids is 5. The number of aromatic amines is 2. The Labute approximate surface area is 406 Å². The van der Waals surface area contributed by atoms with E-state index in [1.54, 1.807) is 42.5 Å². The molecule has 4 heterocycles. The molecule has 2 aromatic heterocycles. The molecule has 366 valence electrons. The summed E-state index contributed by atoms with van der Waals surface area (Å²) in [7, 11) is 0. The quantitative estimate of drug-likeness (QED) is 0.0381. The summed E-state index contributed by atoms with van der Waals surface area (Å²) in [6, 6.07) is 23.4. The van der Waals surface area contributed by atoms with Crippen LogP contribution in [-0.2, 0) is 52.6 Å². The smallest absolute Gasteiger partial charge is 0.277 e. The van der Waals surface area contributed by atoms with Gasteiger partial charge in [0.1, 0.15) is 18.5 Å². The van der Waals surface area contributed by atoms with Crippen molar-refractivity contribution in [3.05, 3.63) is 134 Å². The molecular weight excluding hydrogens is 927 g/mol. The SMILES string of the molecule is O=C(COCCOCCOCCCc1ccc(-c2[nH]n(-c3nc4ccc(Cl)cc4[nH]3)c(=O)c2CCc2ccc(F)cc2)cc1)NCCOCCNc1cccc2c1C(=O)N(C1CCC(=O)NC1=O)C2=O. The number of ether oxygens (including phenoxy) is 4. The summed E-state index contributed by atoms with van der Waals surface area (Å²) in [4.78, 5) is 84.9. The van der Waals surface area contributed by atoms with E-state index in [2.05, 4.69) is 31.0 Å². The summed E-state index contributed by atoms with van der Waals surface area (Å²) in [5.41, 5.74) is 6.07. The number of carbonyl (C=O) groups is 5. The topological polar surface area (TPSA) is 228 Å². The van der Waals surface area contributed by atoms with Crippen molar-refractivity contribution < 1.29 is 47.3 Å². The van der Waals surface area contributed by atoms with Crippen LogP contribution in [0.2, 0.25) is 5.02 Å². The van der Waals surface area contributed by atoms with Crippen molar-refractivity contribution in [2.45, 2.75) is 44.6 Å². The molecule has 2 aliphatic rings. The number of hydrogen-bond acceptors (Lipinski definition) is 12. The Morgan fingerprint density at radius 3 is 2.29 bits per heavy atom. The molecule has 0 aliphatic carbocycles. The molecule has 0 spiro atoms. The van der Waals surface area contributed by atoms with Gasteiger partial charge in [0.25, 0.3) is 17.4 Å². The Kier molecular flexibility index (Phi) is 16.6. The number of aromatic nitrogens is 4. The number of halogens is 2. The minimum atomic E-state index is -1.05. The first kappa shape index (κ1) is 49.4. The van der Waals surface area contributed by atoms with Crippen molar-refractivity contribution in [3.8, 4) is 17.2 Å². The van der Waals surface area contributed by atoms with Crippen molar-refractivity contribution in [2.24, 2.45) is 0 Å². The van der Waals surface area contributed by atoms with E-state index in [1.807, 2.05) is 24.3 Å². The molecule has 0 radical (unpaired) electrons. The third kappa shape index (κ3) is 12.2. The van der Waals surface area contributed by atoms with Gasteiger partial charge in [-0.3, -0.25) is 44.1 Å². The number of imide groups is 2. The van der Waals surface area contributed by atoms with E-state index in [0.717, 1.165) is 34.4 Å². The molecule has 1 unspecified atom stereocenters. The zero-order chi connectivity index (χ0) is 49.0. The van der Waals surface area contributed by atoms with Crippen LogP contribution in [0.4, 0.5) is 10.1 Å². The first-order valence-corrected chi connectivity index (χ1v) is 23.4. The van der Waals surface area contributed by atoms with Gasteiger partial charge in [0.15, 0.2) is 0 Å². The van der Waals surface area contributed by atoms with Gasteiger partial charge >= 0.3 is 0 Å². The second-order valence-corrected chi connectivity index (χ2v) is 17.0. The summed E-state index contributed by atoms with van der Waals surface area (Å²) < 4.78 is 37.3. The van der Waals surface area contributed by atoms with Crippen LogP contribution in [0.3, 0.4) is 0 Å². The molecule has 1 saturated heterocycles. The molecule has 20 heteroatoms. The fraction of sp³-hybridized carbons (Fsp3) is 0.340. The molecule has 5 amide bonds. The maximum atomic E-state index is 13.9. The van der Waals surface area contributed by atoms with Crippen LogP contribution >= 0.6 is 11.6 Å². The van der Waals surface area contributed by atoms with Crippen LogP contribution in [0.1, 0.15) is 56.7 Å². The first-order chi connectivity index (χ1) is 34.0. The number of rotatable bonds is 25. The van der Waals surface area contributed by atoms with E-state index >= 15 is 0 Å². The number of imidazole rings is 1. The van der Waals surface area contributed by atoms with Crippen LogP contribution in [0.25, 0.3) is 28.2 Å². The summed E-state index contributed by atoms with van der Waals surface area (Å²) >= 11 is 6.19. The third-order valence-electron chi connectivity index (χ3n) is 11.8. The molecule has 5 N–H and O–H groups in total. The van der Waals surface area contributed by atoms with E-state index in [1.165, 1.54) is 22.9 Å². The molecule has 2 aliphatic heterocycles. The van der Waals surface area contributed by atoms with Gasteiger partial charge in [0.05, 0.1) is 67.5 Å². The molecule has 18 nitrogen and oxygen atoms in total. The van der Waals surface area contributed by atoms with Crippen molar-refractivity contribution in [2.75, 3.05) is 71.3 Å². The lowest BCUT2D eigenvalue weighted by molar-refractivity contribution is -0.136. The standard InChI is InChI=1S/C50H52ClFN8O10/c51-34-13-17-38-40(29-34)56-50(55-38)60-48(65)37(16-10-32-8-14-35(52)15-9-32)45(58-60)33-11-6-31(7-12-33)3-2-22-67-25-26-69-27-28-70-30-43(62)54-21-24-68-23-20-53-39-5-1-4-36-44(39)49(66)59(47(36)64)41-18-19-42(61)57-46(41)63/h1,4-9,11-15,17,29,41,53,58H,2-3,10,16,18-28,30H2,(H,54,62)(H,55,56)(H,57,61,63). The highest BCUT2D eigenvalue weighted by Crippen LogP contribution is 2.32. The Morgan fingerprint density at radius 2 is 1.50 bits per heavy atom. The maximum Gasteiger partial charge on any atom is 0.277 e. The molecule has 1 fully saturated rings. The van der Waals surface area contributed by atoms with Gasteiger partial charge in [0.2, 0.25) is 23.7 Å². The van der Waals surface area contributed by atoms with E-state index in [0.29, 0.717) is 84.8 Å². The number of hydrogen-bond donors (Lipinski definition) is 5. The number of amides is 5. The van der Waals surface area contributed by atoms with E-state index in [9.17, 15) is 33.2 Å². The lowest BCUT2D eigenvalue weighted by atomic mass is 10.00. The average molecular weight is 979 g/mol. The summed E-state index contributed by atoms with van der Waals surface area (Å²) in [6.07, 6.45) is 2.67. The lowest BCUT2D eigenvalue weighted by Crippen LogP contribution is -2.54. The van der Waals surface area contributed by atoms with Crippen LogP contribution < -0.4 is 21.5 Å². The molecular formula is C50H52ClFN8O10. The Hall–Kier alpha value is -7.03. The Balaban J connectivity index is 0.671. The summed E-state index contributed by atoms with van der Waals surface area (Å²) in [5.74, 6) is -2.55. The number of aryl methyl sites for hydroxylation is 2. The Bertz CT molecular complexity index is 2900. The summed E-state index contributed by atoms with van der Waals surface area (Å²) in [6.45, 7) is 2.78. The Morgan fingerprint density at radius 1 is 0.786 bits per heavy atom. The van der Waals surface area contributed by atoms with Gasteiger partial charge in [-0.15, -0.1) is 0 Å². The van der Waals surface area contributed by atoms with Crippen molar-refractivity contribution in [3.63, 3.8) is 0 Å². The number of H-pyrrole nitrogens is 2. The van der Waals surface area contributed by atoms with Crippen LogP contribution in [0.15, 0.2) is 89.7 Å². The van der Waals surface area contributed by atoms with Gasteiger partial charge in [-0.2, -0.15) is 4.68 Å². The van der Waals surface area contributed by atoms with E-state index in [4.69, 9.17) is 30.5 Å². The van der Waals surface area contributed by atoms with E-state index < -0.39 is 29.7 Å². The molecule has 4 aromatic carbocycles. The van der Waals surface area contributed by atoms with Crippen LogP contribution in [-0.4, -0.2) is 126 Å².